The van der Waals surface area contributed by atoms with E-state index in [1.165, 1.54) is 4.90 Å². The Morgan fingerprint density at radius 3 is 2.48 bits per heavy atom. The van der Waals surface area contributed by atoms with Gasteiger partial charge in [-0.2, -0.15) is 0 Å². The zero-order valence-electron chi connectivity index (χ0n) is 16.0. The summed E-state index contributed by atoms with van der Waals surface area (Å²) in [6.45, 7) is 6.35. The van der Waals surface area contributed by atoms with Crippen LogP contribution in [-0.2, 0) is 11.3 Å². The van der Waals surface area contributed by atoms with Crippen molar-refractivity contribution in [3.05, 3.63) is 46.9 Å². The summed E-state index contributed by atoms with van der Waals surface area (Å²) in [7, 11) is 1.56. The molecule has 144 valence electrons. The van der Waals surface area contributed by atoms with Gasteiger partial charge in [-0.1, -0.05) is 6.92 Å². The number of carboxylic acid groups (broad SMARTS) is 1. The largest absolute Gasteiger partial charge is 0.465 e. The van der Waals surface area contributed by atoms with Gasteiger partial charge in [0.1, 0.15) is 12.4 Å². The van der Waals surface area contributed by atoms with Crippen molar-refractivity contribution in [3.63, 3.8) is 0 Å². The third-order valence-electron chi connectivity index (χ3n) is 4.98. The Morgan fingerprint density at radius 2 is 1.89 bits per heavy atom. The van der Waals surface area contributed by atoms with E-state index in [4.69, 9.17) is 9.15 Å². The zero-order valence-corrected chi connectivity index (χ0v) is 16.0. The number of furan rings is 1. The number of nitrogens with zero attached hydrogens (tertiary/aromatic N) is 2. The number of methoxy groups -OCH3 is 1. The number of carbonyl (C=O) groups is 2. The average Bonchev–Trinajstić information content (AvgIpc) is 3.09. The smallest absolute Gasteiger partial charge is 0.412 e. The number of amides is 2. The molecule has 0 aliphatic carbocycles. The summed E-state index contributed by atoms with van der Waals surface area (Å²) in [5.74, 6) is 0.493. The van der Waals surface area contributed by atoms with Crippen molar-refractivity contribution in [1.82, 2.24) is 0 Å². The fraction of sp³-hybridized carbons (Fsp3) is 0.400. The lowest BCUT2D eigenvalue weighted by atomic mass is 10.0. The molecule has 1 atom stereocenters. The molecule has 1 aliphatic rings. The van der Waals surface area contributed by atoms with Crippen LogP contribution in [0.1, 0.15) is 40.8 Å². The third-order valence-corrected chi connectivity index (χ3v) is 4.98. The van der Waals surface area contributed by atoms with Crippen LogP contribution < -0.4 is 9.80 Å². The van der Waals surface area contributed by atoms with Crippen molar-refractivity contribution in [2.75, 3.05) is 23.5 Å². The number of anilines is 2. The molecule has 27 heavy (non-hydrogen) atoms. The molecular weight excluding hydrogens is 348 g/mol. The predicted molar refractivity (Wildman–Crippen MR) is 102 cm³/mol. The molecule has 0 radical (unpaired) electrons. The maximum Gasteiger partial charge on any atom is 0.412 e. The molecule has 1 aliphatic heterocycles. The Labute approximate surface area is 158 Å². The Balaban J connectivity index is 2.07. The van der Waals surface area contributed by atoms with E-state index < -0.39 is 6.09 Å². The first-order valence-electron chi connectivity index (χ1n) is 8.90. The fourth-order valence-electron chi connectivity index (χ4n) is 3.39. The first-order chi connectivity index (χ1) is 12.9. The van der Waals surface area contributed by atoms with Crippen LogP contribution in [0.3, 0.4) is 0 Å². The maximum atomic E-state index is 13.1. The molecule has 2 aromatic rings. The minimum absolute atomic E-state index is 0.213. The van der Waals surface area contributed by atoms with Crippen molar-refractivity contribution in [2.24, 2.45) is 0 Å². The molecule has 0 spiro atoms. The highest BCUT2D eigenvalue weighted by Gasteiger charge is 2.37. The summed E-state index contributed by atoms with van der Waals surface area (Å²) in [5.41, 5.74) is 3.08. The first kappa shape index (κ1) is 19.0. The van der Waals surface area contributed by atoms with Crippen LogP contribution in [0, 0.1) is 13.8 Å². The van der Waals surface area contributed by atoms with Crippen molar-refractivity contribution in [2.45, 2.75) is 39.8 Å². The summed E-state index contributed by atoms with van der Waals surface area (Å²) >= 11 is 0. The third kappa shape index (κ3) is 3.42. The number of hydrogen-bond acceptors (Lipinski definition) is 4. The van der Waals surface area contributed by atoms with E-state index in [2.05, 4.69) is 0 Å². The average molecular weight is 372 g/mol. The molecule has 3 rings (SSSR count). The van der Waals surface area contributed by atoms with Crippen molar-refractivity contribution >= 4 is 23.4 Å². The van der Waals surface area contributed by atoms with Crippen LogP contribution in [0.4, 0.5) is 16.2 Å². The number of aryl methyl sites for hydroxylation is 2. The topological polar surface area (TPSA) is 83.2 Å². The summed E-state index contributed by atoms with van der Waals surface area (Å²) < 4.78 is 10.6. The predicted octanol–water partition coefficient (Wildman–Crippen LogP) is 3.97. The molecule has 1 N–H and O–H groups in total. The van der Waals surface area contributed by atoms with Crippen molar-refractivity contribution in [3.8, 4) is 0 Å². The van der Waals surface area contributed by atoms with E-state index in [1.807, 2.05) is 32.9 Å². The van der Waals surface area contributed by atoms with E-state index in [0.717, 1.165) is 11.1 Å². The van der Waals surface area contributed by atoms with Crippen molar-refractivity contribution in [1.29, 1.82) is 0 Å². The number of rotatable bonds is 4. The van der Waals surface area contributed by atoms with Gasteiger partial charge in [0, 0.05) is 13.7 Å². The second-order valence-corrected chi connectivity index (χ2v) is 6.75. The van der Waals surface area contributed by atoms with Crippen LogP contribution in [0.5, 0.6) is 0 Å². The SMILES string of the molecule is CCC1CN(C(=O)c2ccc(COC)o2)c2cc(C)c(C)cc2N1C(=O)O. The summed E-state index contributed by atoms with van der Waals surface area (Å²) in [4.78, 5) is 28.0. The highest BCUT2D eigenvalue weighted by Crippen LogP contribution is 2.39. The molecule has 2 heterocycles. The molecule has 7 nitrogen and oxygen atoms in total. The lowest BCUT2D eigenvalue weighted by Crippen LogP contribution is -2.52. The van der Waals surface area contributed by atoms with E-state index in [1.54, 1.807) is 24.1 Å². The Bertz CT molecular complexity index is 873. The van der Waals surface area contributed by atoms with Gasteiger partial charge in [-0.3, -0.25) is 9.69 Å². The van der Waals surface area contributed by atoms with Crippen molar-refractivity contribution < 1.29 is 23.8 Å². The molecule has 0 saturated carbocycles. The Hall–Kier alpha value is -2.80. The van der Waals surface area contributed by atoms with Crippen LogP contribution in [0.15, 0.2) is 28.7 Å². The maximum absolute atomic E-state index is 13.1. The van der Waals surface area contributed by atoms with E-state index in [9.17, 15) is 14.7 Å². The molecule has 2 amide bonds. The lowest BCUT2D eigenvalue weighted by Gasteiger charge is -2.41. The Kier molecular flexibility index (Phi) is 5.23. The van der Waals surface area contributed by atoms with Gasteiger partial charge in [0.2, 0.25) is 0 Å². The summed E-state index contributed by atoms with van der Waals surface area (Å²) in [6.07, 6.45) is -0.422. The minimum atomic E-state index is -1.01. The zero-order chi connectivity index (χ0) is 19.7. The summed E-state index contributed by atoms with van der Waals surface area (Å²) in [5, 5.41) is 9.74. The van der Waals surface area contributed by atoms with Gasteiger partial charge in [-0.15, -0.1) is 0 Å². The van der Waals surface area contributed by atoms with Gasteiger partial charge in [0.15, 0.2) is 5.76 Å². The molecule has 0 saturated heterocycles. The van der Waals surface area contributed by atoms with Crippen LogP contribution in [0.2, 0.25) is 0 Å². The monoisotopic (exact) mass is 372 g/mol. The fourth-order valence-corrected chi connectivity index (χ4v) is 3.39. The molecule has 1 unspecified atom stereocenters. The van der Waals surface area contributed by atoms with Gasteiger partial charge in [0.05, 0.1) is 17.4 Å². The van der Waals surface area contributed by atoms with Gasteiger partial charge in [-0.05, 0) is 55.7 Å². The van der Waals surface area contributed by atoms with Gasteiger partial charge in [-0.25, -0.2) is 4.79 Å². The van der Waals surface area contributed by atoms with E-state index in [0.29, 0.717) is 23.6 Å². The molecule has 1 aromatic heterocycles. The standard InChI is InChI=1S/C20H24N2O5/c1-5-14-10-21(19(23)18-7-6-15(27-18)11-26-4)16-8-12(2)13(3)9-17(16)22(14)20(24)25/h6-9,14H,5,10-11H2,1-4H3,(H,24,25). The lowest BCUT2D eigenvalue weighted by molar-refractivity contribution is 0.0947. The number of ether oxygens (including phenoxy) is 1. The molecule has 1 aromatic carbocycles. The van der Waals surface area contributed by atoms with Gasteiger partial charge in [0.25, 0.3) is 5.91 Å². The van der Waals surface area contributed by atoms with E-state index in [-0.39, 0.29) is 30.9 Å². The quantitative estimate of drug-likeness (QED) is 0.878. The number of benzene rings is 1. The number of fused-ring (bicyclic) bond motifs is 1. The molecular formula is C20H24N2O5. The molecule has 7 heteroatoms. The number of carbonyl (C=O) groups excluding carboxylic acids is 1. The first-order valence-corrected chi connectivity index (χ1v) is 8.90. The van der Waals surface area contributed by atoms with Crippen LogP contribution in [0.25, 0.3) is 0 Å². The van der Waals surface area contributed by atoms with Crippen LogP contribution >= 0.6 is 0 Å². The second-order valence-electron chi connectivity index (χ2n) is 6.75. The molecule has 0 bridgehead atoms. The van der Waals surface area contributed by atoms with E-state index >= 15 is 0 Å². The normalized spacial score (nSPS) is 16.4. The number of hydrogen-bond donors (Lipinski definition) is 1. The highest BCUT2D eigenvalue weighted by atomic mass is 16.5. The Morgan fingerprint density at radius 1 is 1.22 bits per heavy atom. The molecule has 0 fully saturated rings. The van der Waals surface area contributed by atoms with Gasteiger partial charge >= 0.3 is 6.09 Å². The summed E-state index contributed by atoms with van der Waals surface area (Å²) in [6, 6.07) is 6.71. The second kappa shape index (κ2) is 7.44. The highest BCUT2D eigenvalue weighted by molar-refractivity contribution is 6.09. The minimum Gasteiger partial charge on any atom is -0.465 e. The van der Waals surface area contributed by atoms with Crippen LogP contribution in [-0.4, -0.2) is 36.8 Å². The van der Waals surface area contributed by atoms with Gasteiger partial charge < -0.3 is 19.2 Å².